The second-order valence-electron chi connectivity index (χ2n) is 8.10. The van der Waals surface area contributed by atoms with Crippen LogP contribution in [0.2, 0.25) is 0 Å². The number of carbonyl (C=O) groups excluding carboxylic acids is 3. The van der Waals surface area contributed by atoms with Crippen LogP contribution < -0.4 is 15.4 Å². The molecule has 9 nitrogen and oxygen atoms in total. The molecule has 1 aromatic carbocycles. The summed E-state index contributed by atoms with van der Waals surface area (Å²) in [5, 5.41) is 14.8. The Bertz CT molecular complexity index is 880. The molecule has 6 atom stereocenters. The summed E-state index contributed by atoms with van der Waals surface area (Å²) in [4.78, 5) is 40.9. The summed E-state index contributed by atoms with van der Waals surface area (Å²) >= 11 is 3.60. The summed E-state index contributed by atoms with van der Waals surface area (Å²) in [5.41, 5.74) is -0.537. The summed E-state index contributed by atoms with van der Waals surface area (Å²) in [7, 11) is 3.09. The number of carbonyl (C=O) groups is 3. The average Bonchev–Trinajstić information content (AvgIpc) is 3.35. The first-order valence-corrected chi connectivity index (χ1v) is 11.2. The van der Waals surface area contributed by atoms with Crippen LogP contribution in [-0.4, -0.2) is 77.6 Å². The maximum absolute atomic E-state index is 13.5. The quantitative estimate of drug-likeness (QED) is 0.474. The molecule has 3 aliphatic rings. The fourth-order valence-electron chi connectivity index (χ4n) is 5.26. The number of fused-ring (bicyclic) bond motifs is 1. The number of likely N-dealkylation sites (tertiary alicyclic amines) is 1. The number of alkyl halides is 1. The van der Waals surface area contributed by atoms with Crippen molar-refractivity contribution in [2.24, 2.45) is 11.8 Å². The highest BCUT2D eigenvalue weighted by Crippen LogP contribution is 2.60. The number of halogens is 1. The first-order valence-electron chi connectivity index (χ1n) is 10.3. The zero-order valence-electron chi connectivity index (χ0n) is 17.3. The van der Waals surface area contributed by atoms with Gasteiger partial charge < -0.3 is 30.1 Å². The number of rotatable bonds is 7. The molecule has 0 radical (unpaired) electrons. The minimum absolute atomic E-state index is 0.113. The Morgan fingerprint density at radius 3 is 2.65 bits per heavy atom. The minimum atomic E-state index is -1.10. The molecule has 4 rings (SSSR count). The van der Waals surface area contributed by atoms with Gasteiger partial charge in [0.2, 0.25) is 17.7 Å². The zero-order valence-corrected chi connectivity index (χ0v) is 18.9. The molecular formula is C21H26BrN3O6. The molecule has 3 saturated heterocycles. The van der Waals surface area contributed by atoms with Crippen LogP contribution in [0.4, 0.5) is 5.69 Å². The number of hydrogen-bond donors (Lipinski definition) is 3. The highest BCUT2D eigenvalue weighted by molar-refractivity contribution is 9.09. The van der Waals surface area contributed by atoms with Crippen molar-refractivity contribution >= 4 is 39.3 Å². The maximum Gasteiger partial charge on any atom is 0.250 e. The second-order valence-corrected chi connectivity index (χ2v) is 9.28. The first kappa shape index (κ1) is 22.0. The number of ether oxygens (including phenoxy) is 2. The predicted molar refractivity (Wildman–Crippen MR) is 115 cm³/mol. The van der Waals surface area contributed by atoms with Gasteiger partial charge in [-0.25, -0.2) is 0 Å². The van der Waals surface area contributed by atoms with Gasteiger partial charge in [0.1, 0.15) is 17.4 Å². The number of nitrogens with one attached hydrogen (secondary N) is 2. The smallest absolute Gasteiger partial charge is 0.250 e. The van der Waals surface area contributed by atoms with Crippen molar-refractivity contribution in [3.05, 3.63) is 24.3 Å². The molecule has 1 aromatic rings. The van der Waals surface area contributed by atoms with Gasteiger partial charge in [-0.1, -0.05) is 15.9 Å². The van der Waals surface area contributed by atoms with E-state index in [4.69, 9.17) is 9.47 Å². The molecule has 31 heavy (non-hydrogen) atoms. The van der Waals surface area contributed by atoms with Crippen molar-refractivity contribution in [3.8, 4) is 5.75 Å². The van der Waals surface area contributed by atoms with E-state index in [-0.39, 0.29) is 35.7 Å². The van der Waals surface area contributed by atoms with Crippen LogP contribution >= 0.6 is 15.9 Å². The summed E-state index contributed by atoms with van der Waals surface area (Å²) in [6.07, 6.45) is 0.287. The summed E-state index contributed by atoms with van der Waals surface area (Å²) in [6, 6.07) is 5.99. The van der Waals surface area contributed by atoms with E-state index in [1.165, 1.54) is 11.9 Å². The number of benzene rings is 1. The van der Waals surface area contributed by atoms with E-state index in [1.54, 1.807) is 31.4 Å². The van der Waals surface area contributed by atoms with Crippen LogP contribution in [-0.2, 0) is 19.1 Å². The lowest BCUT2D eigenvalue weighted by Gasteiger charge is -2.34. The Morgan fingerprint density at radius 2 is 2.03 bits per heavy atom. The molecule has 3 fully saturated rings. The third-order valence-corrected chi connectivity index (χ3v) is 7.35. The van der Waals surface area contributed by atoms with Crippen LogP contribution in [0.1, 0.15) is 12.8 Å². The van der Waals surface area contributed by atoms with Gasteiger partial charge in [-0.2, -0.15) is 0 Å². The van der Waals surface area contributed by atoms with E-state index in [0.29, 0.717) is 24.3 Å². The number of aliphatic hydroxyl groups excluding tert-OH is 1. The fraction of sp³-hybridized carbons (Fsp3) is 0.571. The van der Waals surface area contributed by atoms with Crippen molar-refractivity contribution in [3.63, 3.8) is 0 Å². The van der Waals surface area contributed by atoms with Gasteiger partial charge in [0, 0.05) is 30.7 Å². The molecule has 3 aliphatic heterocycles. The van der Waals surface area contributed by atoms with Gasteiger partial charge in [-0.15, -0.1) is 0 Å². The molecule has 3 amide bonds. The molecule has 2 bridgehead atoms. The Morgan fingerprint density at radius 1 is 1.32 bits per heavy atom. The van der Waals surface area contributed by atoms with E-state index in [2.05, 4.69) is 26.6 Å². The van der Waals surface area contributed by atoms with Crippen LogP contribution in [0.5, 0.6) is 5.75 Å². The molecule has 0 saturated carbocycles. The normalized spacial score (nSPS) is 33.4. The SMILES string of the molecule is CNC(=O)[C@H]1[C@H]2C(=O)N(CCCO)C(C(=O)Nc3ccc(OC)cc3)C23CC(Br)[C@@H]1O3. The van der Waals surface area contributed by atoms with E-state index in [9.17, 15) is 19.5 Å². The number of methoxy groups -OCH3 is 1. The van der Waals surface area contributed by atoms with Crippen molar-refractivity contribution < 1.29 is 29.0 Å². The third kappa shape index (κ3) is 3.41. The summed E-state index contributed by atoms with van der Waals surface area (Å²) in [6.45, 7) is 0.0907. The molecular weight excluding hydrogens is 470 g/mol. The molecule has 0 aromatic heterocycles. The van der Waals surface area contributed by atoms with Crippen LogP contribution in [0.3, 0.4) is 0 Å². The zero-order chi connectivity index (χ0) is 22.3. The van der Waals surface area contributed by atoms with E-state index < -0.39 is 29.6 Å². The van der Waals surface area contributed by atoms with Gasteiger partial charge in [-0.05, 0) is 37.1 Å². The third-order valence-electron chi connectivity index (χ3n) is 6.50. The number of nitrogens with zero attached hydrogens (tertiary/aromatic N) is 1. The molecule has 3 unspecified atom stereocenters. The lowest BCUT2D eigenvalue weighted by molar-refractivity contribution is -0.140. The van der Waals surface area contributed by atoms with Gasteiger partial charge in [-0.3, -0.25) is 14.4 Å². The standard InChI is InChI=1S/C21H26BrN3O6/c1-23-18(27)14-15-20(29)25(8-3-9-26)17(21(15)10-13(22)16(14)31-21)19(28)24-11-4-6-12(30-2)7-5-11/h4-7,13-17,26H,3,8-10H2,1-2H3,(H,23,27)(H,24,28)/t13?,14-,15-,16-,17?,21?/m0/s1. The van der Waals surface area contributed by atoms with E-state index in [1.807, 2.05) is 0 Å². The molecule has 3 N–H and O–H groups in total. The Balaban J connectivity index is 1.68. The number of aliphatic hydroxyl groups is 1. The number of hydrogen-bond acceptors (Lipinski definition) is 6. The molecule has 3 heterocycles. The second kappa shape index (κ2) is 8.40. The van der Waals surface area contributed by atoms with Crippen LogP contribution in [0, 0.1) is 11.8 Å². The first-order chi connectivity index (χ1) is 14.9. The molecule has 168 valence electrons. The molecule has 1 spiro atoms. The Labute approximate surface area is 188 Å². The average molecular weight is 496 g/mol. The van der Waals surface area contributed by atoms with E-state index >= 15 is 0 Å². The monoisotopic (exact) mass is 495 g/mol. The molecule has 10 heteroatoms. The fourth-order valence-corrected chi connectivity index (χ4v) is 6.21. The van der Waals surface area contributed by atoms with Gasteiger partial charge in [0.05, 0.1) is 25.0 Å². The highest BCUT2D eigenvalue weighted by Gasteiger charge is 2.76. The minimum Gasteiger partial charge on any atom is -0.497 e. The van der Waals surface area contributed by atoms with Crippen LogP contribution in [0.25, 0.3) is 0 Å². The van der Waals surface area contributed by atoms with Crippen molar-refractivity contribution in [2.75, 3.05) is 32.6 Å². The topological polar surface area (TPSA) is 117 Å². The van der Waals surface area contributed by atoms with Crippen LogP contribution in [0.15, 0.2) is 24.3 Å². The summed E-state index contributed by atoms with van der Waals surface area (Å²) in [5.74, 6) is -1.68. The molecule has 0 aliphatic carbocycles. The number of anilines is 1. The van der Waals surface area contributed by atoms with Crippen molar-refractivity contribution in [1.82, 2.24) is 10.2 Å². The van der Waals surface area contributed by atoms with Gasteiger partial charge in [0.15, 0.2) is 0 Å². The predicted octanol–water partition coefficient (Wildman–Crippen LogP) is 0.510. The van der Waals surface area contributed by atoms with Gasteiger partial charge >= 0.3 is 0 Å². The van der Waals surface area contributed by atoms with Crippen molar-refractivity contribution in [2.45, 2.75) is 35.4 Å². The highest BCUT2D eigenvalue weighted by atomic mass is 79.9. The lowest BCUT2D eigenvalue weighted by Crippen LogP contribution is -2.54. The largest absolute Gasteiger partial charge is 0.497 e. The number of amides is 3. The van der Waals surface area contributed by atoms with Crippen molar-refractivity contribution in [1.29, 1.82) is 0 Å². The van der Waals surface area contributed by atoms with Gasteiger partial charge in [0.25, 0.3) is 0 Å². The van der Waals surface area contributed by atoms with E-state index in [0.717, 1.165) is 0 Å². The lowest BCUT2D eigenvalue weighted by atomic mass is 9.70. The maximum atomic E-state index is 13.5. The Kier molecular flexibility index (Phi) is 5.97. The Hall–Kier alpha value is -2.17. The summed E-state index contributed by atoms with van der Waals surface area (Å²) < 4.78 is 11.5.